The van der Waals surface area contributed by atoms with Gasteiger partial charge in [0.2, 0.25) is 0 Å². The lowest BCUT2D eigenvalue weighted by Gasteiger charge is -2.26. The van der Waals surface area contributed by atoms with Gasteiger partial charge in [-0.15, -0.1) is 0 Å². The summed E-state index contributed by atoms with van der Waals surface area (Å²) in [7, 11) is 0. The van der Waals surface area contributed by atoms with Crippen LogP contribution in [-0.4, -0.2) is 0 Å². The highest BCUT2D eigenvalue weighted by Crippen LogP contribution is 2.39. The summed E-state index contributed by atoms with van der Waals surface area (Å²) in [6.07, 6.45) is 0. The molecule has 0 unspecified atom stereocenters. The molecular weight excluding hydrogens is 569 g/mol. The summed E-state index contributed by atoms with van der Waals surface area (Å²) >= 11 is 0. The second-order valence-corrected chi connectivity index (χ2v) is 12.1. The zero-order valence-electron chi connectivity index (χ0n) is 27.1. The molecule has 0 aliphatic rings. The van der Waals surface area contributed by atoms with Gasteiger partial charge in [0.15, 0.2) is 0 Å². The first-order chi connectivity index (χ1) is 23.0. The number of nitrogens with zero attached hydrogens (tertiary/aromatic N) is 2. The Labute approximate surface area is 278 Å². The van der Waals surface area contributed by atoms with Crippen LogP contribution in [0.15, 0.2) is 176 Å². The zero-order chi connectivity index (χ0) is 32.2. The molecule has 7 aromatic carbocycles. The number of hydrogen-bond donors (Lipinski definition) is 0. The van der Waals surface area contributed by atoms with Gasteiger partial charge in [-0.1, -0.05) is 103 Å². The second-order valence-electron chi connectivity index (χ2n) is 12.1. The summed E-state index contributed by atoms with van der Waals surface area (Å²) in [4.78, 5) is 4.62. The van der Waals surface area contributed by atoms with Crippen LogP contribution in [-0.2, 0) is 0 Å². The first kappa shape index (κ1) is 29.8. The lowest BCUT2D eigenvalue weighted by atomic mass is 9.91. The molecule has 0 atom stereocenters. The summed E-state index contributed by atoms with van der Waals surface area (Å²) in [6.45, 7) is 6.58. The molecule has 0 heterocycles. The van der Waals surface area contributed by atoms with E-state index in [2.05, 4.69) is 206 Å². The number of para-hydroxylation sites is 3. The highest BCUT2D eigenvalue weighted by molar-refractivity contribution is 5.82. The van der Waals surface area contributed by atoms with E-state index in [9.17, 15) is 0 Å². The molecule has 0 saturated carbocycles. The van der Waals surface area contributed by atoms with E-state index in [0.29, 0.717) is 0 Å². The van der Waals surface area contributed by atoms with Crippen molar-refractivity contribution in [3.63, 3.8) is 0 Å². The third-order valence-electron chi connectivity index (χ3n) is 8.75. The van der Waals surface area contributed by atoms with Crippen LogP contribution >= 0.6 is 0 Å². The van der Waals surface area contributed by atoms with Gasteiger partial charge in [-0.3, -0.25) is 0 Å². The molecule has 0 amide bonds. The Balaban J connectivity index is 1.18. The molecule has 0 aromatic heterocycles. The van der Waals surface area contributed by atoms with E-state index in [1.165, 1.54) is 38.9 Å². The lowest BCUT2D eigenvalue weighted by molar-refractivity contribution is 1.27. The van der Waals surface area contributed by atoms with Crippen molar-refractivity contribution in [2.75, 3.05) is 9.80 Å². The highest BCUT2D eigenvalue weighted by atomic mass is 15.1. The van der Waals surface area contributed by atoms with Gasteiger partial charge in [0.05, 0.1) is 0 Å². The summed E-state index contributed by atoms with van der Waals surface area (Å²) in [5.41, 5.74) is 15.6. The number of rotatable bonds is 8. The molecule has 0 N–H and O–H groups in total. The molecule has 0 spiro atoms. The van der Waals surface area contributed by atoms with Crippen molar-refractivity contribution in [1.82, 2.24) is 0 Å². The fraction of sp³-hybridized carbons (Fsp3) is 0.0667. The van der Waals surface area contributed by atoms with Crippen LogP contribution in [0.3, 0.4) is 0 Å². The maximum atomic E-state index is 2.34. The smallest absolute Gasteiger partial charge is 0.0464 e. The van der Waals surface area contributed by atoms with Crippen molar-refractivity contribution in [3.8, 4) is 22.3 Å². The molecule has 0 radical (unpaired) electrons. The van der Waals surface area contributed by atoms with Crippen molar-refractivity contribution >= 4 is 34.1 Å². The molecule has 7 rings (SSSR count). The monoisotopic (exact) mass is 606 g/mol. The molecule has 2 nitrogen and oxygen atoms in total. The van der Waals surface area contributed by atoms with E-state index in [1.807, 2.05) is 0 Å². The molecular formula is C45H38N2. The van der Waals surface area contributed by atoms with Crippen LogP contribution in [0.4, 0.5) is 34.1 Å². The minimum absolute atomic E-state index is 1.13. The van der Waals surface area contributed by atoms with Crippen LogP contribution in [0.1, 0.15) is 16.7 Å². The maximum absolute atomic E-state index is 2.34. The Hall–Kier alpha value is -5.86. The first-order valence-corrected chi connectivity index (χ1v) is 16.2. The third kappa shape index (κ3) is 6.32. The Morgan fingerprint density at radius 3 is 1.02 bits per heavy atom. The van der Waals surface area contributed by atoms with E-state index >= 15 is 0 Å². The SMILES string of the molecule is Cc1cccc(N(c2ccccc2)c2ccc(-c3cc(C)c(-c4ccc(N(c5ccccc5)c5ccccc5)cc4)cc3C)cc2)c1. The Bertz CT molecular complexity index is 2040. The predicted octanol–water partition coefficient (Wildman–Crippen LogP) is 12.9. The molecule has 0 aliphatic carbocycles. The largest absolute Gasteiger partial charge is 0.311 e. The van der Waals surface area contributed by atoms with Crippen LogP contribution in [0.2, 0.25) is 0 Å². The van der Waals surface area contributed by atoms with Crippen molar-refractivity contribution in [2.24, 2.45) is 0 Å². The van der Waals surface area contributed by atoms with Gasteiger partial charge < -0.3 is 9.80 Å². The molecule has 7 aromatic rings. The van der Waals surface area contributed by atoms with Crippen molar-refractivity contribution in [2.45, 2.75) is 20.8 Å². The summed E-state index contributed by atoms with van der Waals surface area (Å²) in [6, 6.07) is 62.9. The molecule has 47 heavy (non-hydrogen) atoms. The van der Waals surface area contributed by atoms with Crippen molar-refractivity contribution in [3.05, 3.63) is 193 Å². The van der Waals surface area contributed by atoms with E-state index in [-0.39, 0.29) is 0 Å². The predicted molar refractivity (Wildman–Crippen MR) is 201 cm³/mol. The number of hydrogen-bond acceptors (Lipinski definition) is 2. The van der Waals surface area contributed by atoms with E-state index in [0.717, 1.165) is 34.1 Å². The Morgan fingerprint density at radius 2 is 0.638 bits per heavy atom. The Kier molecular flexibility index (Phi) is 8.41. The fourth-order valence-corrected chi connectivity index (χ4v) is 6.41. The quantitative estimate of drug-likeness (QED) is 0.170. The van der Waals surface area contributed by atoms with Gasteiger partial charge in [0, 0.05) is 34.1 Å². The van der Waals surface area contributed by atoms with E-state index < -0.39 is 0 Å². The van der Waals surface area contributed by atoms with Gasteiger partial charge in [-0.25, -0.2) is 0 Å². The average molecular weight is 607 g/mol. The molecule has 0 aliphatic heterocycles. The maximum Gasteiger partial charge on any atom is 0.0464 e. The van der Waals surface area contributed by atoms with Crippen molar-refractivity contribution < 1.29 is 0 Å². The summed E-state index contributed by atoms with van der Waals surface area (Å²) in [5.74, 6) is 0. The topological polar surface area (TPSA) is 6.48 Å². The van der Waals surface area contributed by atoms with Gasteiger partial charge in [0.1, 0.15) is 0 Å². The Morgan fingerprint density at radius 1 is 0.298 bits per heavy atom. The summed E-state index contributed by atoms with van der Waals surface area (Å²) in [5, 5.41) is 0. The summed E-state index contributed by atoms with van der Waals surface area (Å²) < 4.78 is 0. The number of aryl methyl sites for hydroxylation is 3. The van der Waals surface area contributed by atoms with Gasteiger partial charge in [-0.05, 0) is 133 Å². The molecule has 2 heteroatoms. The van der Waals surface area contributed by atoms with E-state index in [1.54, 1.807) is 0 Å². The fourth-order valence-electron chi connectivity index (χ4n) is 6.41. The highest BCUT2D eigenvalue weighted by Gasteiger charge is 2.15. The first-order valence-electron chi connectivity index (χ1n) is 16.2. The van der Waals surface area contributed by atoms with Gasteiger partial charge >= 0.3 is 0 Å². The molecule has 0 fully saturated rings. The van der Waals surface area contributed by atoms with Crippen LogP contribution in [0.5, 0.6) is 0 Å². The average Bonchev–Trinajstić information content (AvgIpc) is 3.12. The lowest BCUT2D eigenvalue weighted by Crippen LogP contribution is -2.09. The van der Waals surface area contributed by atoms with Crippen LogP contribution in [0.25, 0.3) is 22.3 Å². The van der Waals surface area contributed by atoms with Gasteiger partial charge in [-0.2, -0.15) is 0 Å². The molecule has 0 saturated heterocycles. The normalized spacial score (nSPS) is 10.9. The number of anilines is 6. The minimum atomic E-state index is 1.13. The minimum Gasteiger partial charge on any atom is -0.311 e. The third-order valence-corrected chi connectivity index (χ3v) is 8.75. The van der Waals surface area contributed by atoms with Gasteiger partial charge in [0.25, 0.3) is 0 Å². The molecule has 0 bridgehead atoms. The molecule has 228 valence electrons. The van der Waals surface area contributed by atoms with Crippen molar-refractivity contribution in [1.29, 1.82) is 0 Å². The van der Waals surface area contributed by atoms with E-state index in [4.69, 9.17) is 0 Å². The van der Waals surface area contributed by atoms with Crippen LogP contribution < -0.4 is 9.80 Å². The van der Waals surface area contributed by atoms with Crippen LogP contribution in [0, 0.1) is 20.8 Å². The second kappa shape index (κ2) is 13.2. The standard InChI is InChI=1S/C45H38N2/c1-33-14-13-21-43(30-33)47(40-19-11-6-12-20-40)42-28-24-37(25-29-42)45-32-34(2)44(31-35(45)3)36-22-26-41(27-23-36)46(38-15-7-4-8-16-38)39-17-9-5-10-18-39/h4-32H,1-3H3. The number of benzene rings is 7. The zero-order valence-corrected chi connectivity index (χ0v) is 27.1.